The minimum Gasteiger partial charge on any atom is -0.332 e. The molecular formula is C20H25N7O. The molecule has 0 bridgehead atoms. The summed E-state index contributed by atoms with van der Waals surface area (Å²) in [6.07, 6.45) is 4.61. The number of carbonyl (C=O) groups excluding carboxylic acids is 1. The van der Waals surface area contributed by atoms with E-state index in [4.69, 9.17) is 5.73 Å². The third-order valence-corrected chi connectivity index (χ3v) is 5.10. The van der Waals surface area contributed by atoms with Gasteiger partial charge in [0.1, 0.15) is 0 Å². The molecule has 0 radical (unpaired) electrons. The summed E-state index contributed by atoms with van der Waals surface area (Å²) in [6, 6.07) is 8.53. The maximum Gasteiger partial charge on any atom is 0.276 e. The number of nitrogens with one attached hydrogen (secondary N) is 1. The van der Waals surface area contributed by atoms with Gasteiger partial charge in [-0.3, -0.25) is 14.6 Å². The monoisotopic (exact) mass is 379 g/mol. The van der Waals surface area contributed by atoms with E-state index in [0.717, 1.165) is 41.8 Å². The number of rotatable bonds is 6. The molecule has 1 aromatic carbocycles. The summed E-state index contributed by atoms with van der Waals surface area (Å²) in [6.45, 7) is 4.33. The lowest BCUT2D eigenvalue weighted by Gasteiger charge is -2.26. The molecule has 3 N–H and O–H groups in total. The highest BCUT2D eigenvalue weighted by atomic mass is 16.2. The van der Waals surface area contributed by atoms with Gasteiger partial charge in [0, 0.05) is 36.3 Å². The molecule has 2 aromatic heterocycles. The molecular weight excluding hydrogens is 354 g/mol. The maximum atomic E-state index is 12.9. The van der Waals surface area contributed by atoms with Crippen molar-refractivity contribution in [3.05, 3.63) is 53.0 Å². The summed E-state index contributed by atoms with van der Waals surface area (Å²) in [4.78, 5) is 14.7. The minimum absolute atomic E-state index is 0.112. The van der Waals surface area contributed by atoms with E-state index in [1.807, 2.05) is 4.90 Å². The molecule has 1 aliphatic rings. The van der Waals surface area contributed by atoms with Crippen molar-refractivity contribution in [2.45, 2.75) is 39.3 Å². The number of carbonyl (C=O) groups is 1. The molecule has 0 aliphatic carbocycles. The van der Waals surface area contributed by atoms with Crippen LogP contribution in [0, 0.1) is 0 Å². The van der Waals surface area contributed by atoms with Crippen LogP contribution in [0.1, 0.15) is 40.7 Å². The van der Waals surface area contributed by atoms with Crippen molar-refractivity contribution >= 4 is 5.91 Å². The van der Waals surface area contributed by atoms with Crippen LogP contribution < -0.4 is 5.73 Å². The Morgan fingerprint density at radius 2 is 2.11 bits per heavy atom. The molecule has 0 unspecified atom stereocenters. The summed E-state index contributed by atoms with van der Waals surface area (Å²) >= 11 is 0. The van der Waals surface area contributed by atoms with Gasteiger partial charge in [0.2, 0.25) is 0 Å². The van der Waals surface area contributed by atoms with Crippen LogP contribution in [0.5, 0.6) is 0 Å². The number of nitrogens with two attached hydrogens (primary N) is 1. The van der Waals surface area contributed by atoms with Crippen LogP contribution in [0.3, 0.4) is 0 Å². The Morgan fingerprint density at radius 1 is 1.29 bits per heavy atom. The predicted octanol–water partition coefficient (Wildman–Crippen LogP) is 1.78. The molecule has 1 amide bonds. The van der Waals surface area contributed by atoms with E-state index >= 15 is 0 Å². The number of amides is 1. The van der Waals surface area contributed by atoms with Crippen LogP contribution in [0.2, 0.25) is 0 Å². The van der Waals surface area contributed by atoms with Gasteiger partial charge in [-0.05, 0) is 12.0 Å². The van der Waals surface area contributed by atoms with E-state index in [-0.39, 0.29) is 5.91 Å². The zero-order valence-corrected chi connectivity index (χ0v) is 16.1. The van der Waals surface area contributed by atoms with Crippen LogP contribution >= 0.6 is 0 Å². The van der Waals surface area contributed by atoms with Crippen molar-refractivity contribution in [2.75, 3.05) is 13.1 Å². The molecule has 1 aliphatic heterocycles. The smallest absolute Gasteiger partial charge is 0.276 e. The summed E-state index contributed by atoms with van der Waals surface area (Å²) in [5, 5.41) is 15.6. The van der Waals surface area contributed by atoms with E-state index in [9.17, 15) is 4.79 Å². The van der Waals surface area contributed by atoms with Crippen molar-refractivity contribution < 1.29 is 4.79 Å². The van der Waals surface area contributed by atoms with Crippen LogP contribution in [0.4, 0.5) is 0 Å². The summed E-state index contributed by atoms with van der Waals surface area (Å²) < 4.78 is 1.60. The topological polar surface area (TPSA) is 106 Å². The molecule has 0 spiro atoms. The lowest BCUT2D eigenvalue weighted by Crippen LogP contribution is -2.36. The van der Waals surface area contributed by atoms with E-state index < -0.39 is 0 Å². The summed E-state index contributed by atoms with van der Waals surface area (Å²) in [7, 11) is 0. The number of benzene rings is 1. The Morgan fingerprint density at radius 3 is 2.86 bits per heavy atom. The van der Waals surface area contributed by atoms with Crippen LogP contribution in [0.25, 0.3) is 11.3 Å². The van der Waals surface area contributed by atoms with Gasteiger partial charge in [0.05, 0.1) is 25.0 Å². The van der Waals surface area contributed by atoms with Gasteiger partial charge in [0.25, 0.3) is 5.91 Å². The highest BCUT2D eigenvalue weighted by Crippen LogP contribution is 2.29. The predicted molar refractivity (Wildman–Crippen MR) is 106 cm³/mol. The first-order valence-electron chi connectivity index (χ1n) is 9.74. The van der Waals surface area contributed by atoms with E-state index in [0.29, 0.717) is 31.9 Å². The standard InChI is InChI=1S/C20H25N7O/c1-2-3-14-4-6-15(7-5-14)19-16-12-26(10-8-17(16)22-24-19)20(28)18-13-27(11-9-21)25-23-18/h4-7,13H,2-3,8-12,21H2,1H3,(H,22,24). The SMILES string of the molecule is CCCc1ccc(-c2n[nH]c3c2CN(C(=O)c2cn(CCN)nn2)CC3)cc1. The quantitative estimate of drug-likeness (QED) is 0.679. The minimum atomic E-state index is -0.112. The fourth-order valence-corrected chi connectivity index (χ4v) is 3.63. The van der Waals surface area contributed by atoms with Gasteiger partial charge >= 0.3 is 0 Å². The lowest BCUT2D eigenvalue weighted by molar-refractivity contribution is 0.0728. The second-order valence-corrected chi connectivity index (χ2v) is 7.11. The van der Waals surface area contributed by atoms with E-state index in [1.54, 1.807) is 10.9 Å². The fourth-order valence-electron chi connectivity index (χ4n) is 3.63. The molecule has 3 heterocycles. The Kier molecular flexibility index (Phi) is 5.21. The highest BCUT2D eigenvalue weighted by molar-refractivity contribution is 5.92. The van der Waals surface area contributed by atoms with Crippen LogP contribution in [-0.2, 0) is 25.9 Å². The average molecular weight is 379 g/mol. The van der Waals surface area contributed by atoms with Crippen LogP contribution in [0.15, 0.2) is 30.5 Å². The van der Waals surface area contributed by atoms with Crippen molar-refractivity contribution in [3.63, 3.8) is 0 Å². The van der Waals surface area contributed by atoms with Crippen molar-refractivity contribution in [1.82, 2.24) is 30.1 Å². The van der Waals surface area contributed by atoms with Crippen molar-refractivity contribution in [2.24, 2.45) is 5.73 Å². The van der Waals surface area contributed by atoms with Gasteiger partial charge in [-0.2, -0.15) is 5.10 Å². The highest BCUT2D eigenvalue weighted by Gasteiger charge is 2.27. The number of hydrogen-bond donors (Lipinski definition) is 2. The zero-order valence-electron chi connectivity index (χ0n) is 16.1. The molecule has 28 heavy (non-hydrogen) atoms. The third kappa shape index (κ3) is 3.55. The van der Waals surface area contributed by atoms with Gasteiger partial charge in [-0.1, -0.05) is 42.8 Å². The molecule has 4 rings (SSSR count). The van der Waals surface area contributed by atoms with Crippen molar-refractivity contribution in [1.29, 1.82) is 0 Å². The molecule has 3 aromatic rings. The normalized spacial score (nSPS) is 13.6. The van der Waals surface area contributed by atoms with Gasteiger partial charge in [-0.15, -0.1) is 5.10 Å². The molecule has 8 heteroatoms. The van der Waals surface area contributed by atoms with Gasteiger partial charge in [-0.25, -0.2) is 0 Å². The molecule has 8 nitrogen and oxygen atoms in total. The lowest BCUT2D eigenvalue weighted by atomic mass is 9.99. The zero-order chi connectivity index (χ0) is 19.5. The third-order valence-electron chi connectivity index (χ3n) is 5.10. The first-order chi connectivity index (χ1) is 13.7. The number of aromatic amines is 1. The summed E-state index contributed by atoms with van der Waals surface area (Å²) in [5.74, 6) is -0.112. The largest absolute Gasteiger partial charge is 0.332 e. The Balaban J connectivity index is 1.54. The second kappa shape index (κ2) is 7.93. The second-order valence-electron chi connectivity index (χ2n) is 7.11. The van der Waals surface area contributed by atoms with E-state index in [1.165, 1.54) is 5.56 Å². The summed E-state index contributed by atoms with van der Waals surface area (Å²) in [5.41, 5.74) is 11.4. The molecule has 146 valence electrons. The molecule has 0 fully saturated rings. The van der Waals surface area contributed by atoms with Crippen LogP contribution in [-0.4, -0.2) is 49.1 Å². The molecule has 0 saturated carbocycles. The first-order valence-corrected chi connectivity index (χ1v) is 9.74. The van der Waals surface area contributed by atoms with Crippen molar-refractivity contribution in [3.8, 4) is 11.3 Å². The Labute approximate surface area is 163 Å². The average Bonchev–Trinajstić information content (AvgIpc) is 3.35. The Hall–Kier alpha value is -3.00. The molecule has 0 atom stereocenters. The number of H-pyrrole nitrogens is 1. The number of nitrogens with zero attached hydrogens (tertiary/aromatic N) is 5. The number of hydrogen-bond acceptors (Lipinski definition) is 5. The first kappa shape index (κ1) is 18.4. The van der Waals surface area contributed by atoms with E-state index in [2.05, 4.69) is 51.7 Å². The maximum absolute atomic E-state index is 12.9. The van der Waals surface area contributed by atoms with Gasteiger partial charge in [0.15, 0.2) is 5.69 Å². The fraction of sp³-hybridized carbons (Fsp3) is 0.400. The number of aromatic nitrogens is 5. The number of fused-ring (bicyclic) bond motifs is 1. The van der Waals surface area contributed by atoms with Gasteiger partial charge < -0.3 is 10.6 Å². The number of aryl methyl sites for hydroxylation is 1. The Bertz CT molecular complexity index is 957. The molecule has 0 saturated heterocycles.